The highest BCUT2D eigenvalue weighted by molar-refractivity contribution is 6.12. The molecule has 0 atom stereocenters. The van der Waals surface area contributed by atoms with E-state index in [4.69, 9.17) is 9.84 Å². The first kappa shape index (κ1) is 24.5. The third kappa shape index (κ3) is 5.21. The lowest BCUT2D eigenvalue weighted by atomic mass is 10.2. The first-order chi connectivity index (χ1) is 20.3. The van der Waals surface area contributed by atoms with Crippen molar-refractivity contribution in [3.63, 3.8) is 0 Å². The van der Waals surface area contributed by atoms with Crippen molar-refractivity contribution in [2.45, 2.75) is 0 Å². The van der Waals surface area contributed by atoms with Gasteiger partial charge in [-0.15, -0.1) is 0 Å². The second-order valence-electron chi connectivity index (χ2n) is 9.77. The highest BCUT2D eigenvalue weighted by Gasteiger charge is 2.26. The number of amidine groups is 1. The minimum atomic E-state index is 0.595. The van der Waals surface area contributed by atoms with Gasteiger partial charge in [0.2, 0.25) is 0 Å². The minimum absolute atomic E-state index is 0.595. The van der Waals surface area contributed by atoms with Gasteiger partial charge in [-0.2, -0.15) is 10.2 Å². The van der Waals surface area contributed by atoms with E-state index in [9.17, 15) is 0 Å². The van der Waals surface area contributed by atoms with Gasteiger partial charge in [-0.1, -0.05) is 78.9 Å². The Kier molecular flexibility index (Phi) is 6.51. The van der Waals surface area contributed by atoms with E-state index >= 15 is 0 Å². The van der Waals surface area contributed by atoms with E-state index < -0.39 is 0 Å². The van der Waals surface area contributed by atoms with Crippen LogP contribution in [0.15, 0.2) is 150 Å². The zero-order chi connectivity index (χ0) is 27.4. The van der Waals surface area contributed by atoms with Crippen LogP contribution >= 0.6 is 0 Å². The quantitative estimate of drug-likeness (QED) is 0.218. The number of hydrogen-bond acceptors (Lipinski definition) is 7. The molecule has 0 bridgehead atoms. The number of ether oxygens (including phenoxy) is 1. The van der Waals surface area contributed by atoms with Crippen LogP contribution in [0, 0.1) is 0 Å². The molecule has 0 unspecified atom stereocenters. The summed E-state index contributed by atoms with van der Waals surface area (Å²) in [5.74, 6) is 2.39. The number of anilines is 4. The second-order valence-corrected chi connectivity index (χ2v) is 9.77. The summed E-state index contributed by atoms with van der Waals surface area (Å²) in [6.07, 6.45) is 1.85. The lowest BCUT2D eigenvalue weighted by molar-refractivity contribution is 0.482. The molecule has 2 aliphatic rings. The minimum Gasteiger partial charge on any atom is -0.457 e. The molecule has 0 N–H and O–H groups in total. The van der Waals surface area contributed by atoms with E-state index in [0.717, 1.165) is 45.6 Å². The largest absolute Gasteiger partial charge is 0.457 e. The average Bonchev–Trinajstić information content (AvgIpc) is 3.72. The van der Waals surface area contributed by atoms with Crippen LogP contribution in [0.4, 0.5) is 22.7 Å². The molecule has 2 aliphatic heterocycles. The first-order valence-corrected chi connectivity index (χ1v) is 13.6. The van der Waals surface area contributed by atoms with Gasteiger partial charge in [0.15, 0.2) is 5.84 Å². The van der Waals surface area contributed by atoms with Crippen molar-refractivity contribution < 1.29 is 4.74 Å². The molecule has 5 aromatic carbocycles. The molecule has 41 heavy (non-hydrogen) atoms. The molecule has 0 aromatic heterocycles. The van der Waals surface area contributed by atoms with E-state index in [1.54, 1.807) is 0 Å². The fourth-order valence-electron chi connectivity index (χ4n) is 4.96. The molecule has 0 saturated heterocycles. The summed E-state index contributed by atoms with van der Waals surface area (Å²) in [6.45, 7) is 1.23. The van der Waals surface area contributed by atoms with Crippen molar-refractivity contribution in [1.29, 1.82) is 0 Å². The summed E-state index contributed by atoms with van der Waals surface area (Å²) >= 11 is 0. The molecule has 200 valence electrons. The Balaban J connectivity index is 1.10. The van der Waals surface area contributed by atoms with Gasteiger partial charge in [0.1, 0.15) is 31.2 Å². The third-order valence-corrected chi connectivity index (χ3v) is 7.02. The highest BCUT2D eigenvalue weighted by atomic mass is 16.5. The lowest BCUT2D eigenvalue weighted by Gasteiger charge is -2.22. The standard InChI is InChI=1S/C34H28N6O/c1-4-12-27(13-5-1)34-36-40(26-38(34)29-16-8-3-9-17-29)31-19-11-21-33(23-31)41-32-20-10-18-30(22-32)39-25-37(24-35-39)28-14-6-2-7-15-28/h1-24H,25-26H2. The number of hydrazone groups is 2. The van der Waals surface area contributed by atoms with Crippen LogP contribution < -0.4 is 24.6 Å². The van der Waals surface area contributed by atoms with Crippen molar-refractivity contribution in [3.05, 3.63) is 145 Å². The Labute approximate surface area is 239 Å². The van der Waals surface area contributed by atoms with Crippen molar-refractivity contribution in [2.75, 3.05) is 33.2 Å². The summed E-state index contributed by atoms with van der Waals surface area (Å²) in [6, 6.07) is 46.9. The maximum Gasteiger partial charge on any atom is 0.162 e. The van der Waals surface area contributed by atoms with Crippen LogP contribution in [-0.2, 0) is 0 Å². The second kappa shape index (κ2) is 10.9. The third-order valence-electron chi connectivity index (χ3n) is 7.02. The molecular weight excluding hydrogens is 508 g/mol. The SMILES string of the molecule is C1=NN(c2cccc(Oc3cccc(N4CN(c5ccccc5)C(c5ccccc5)=N4)c3)c2)CN1c1ccccc1. The monoisotopic (exact) mass is 536 g/mol. The maximum absolute atomic E-state index is 6.33. The molecule has 0 fully saturated rings. The molecule has 0 aliphatic carbocycles. The fraction of sp³-hybridized carbons (Fsp3) is 0.0588. The first-order valence-electron chi connectivity index (χ1n) is 13.6. The molecule has 0 radical (unpaired) electrons. The van der Waals surface area contributed by atoms with Gasteiger partial charge in [-0.25, -0.2) is 10.0 Å². The van der Waals surface area contributed by atoms with Gasteiger partial charge in [0, 0.05) is 29.1 Å². The number of benzene rings is 5. The molecule has 7 rings (SSSR count). The highest BCUT2D eigenvalue weighted by Crippen LogP contribution is 2.32. The Morgan fingerprint density at radius 1 is 0.512 bits per heavy atom. The number of rotatable bonds is 7. The predicted octanol–water partition coefficient (Wildman–Crippen LogP) is 7.35. The Hall–Kier alpha value is -5.56. The normalized spacial score (nSPS) is 14.5. The number of nitrogens with zero attached hydrogens (tertiary/aromatic N) is 6. The molecule has 0 spiro atoms. The van der Waals surface area contributed by atoms with E-state index in [1.165, 1.54) is 0 Å². The summed E-state index contributed by atoms with van der Waals surface area (Å²) in [5.41, 5.74) is 5.18. The van der Waals surface area contributed by atoms with E-state index in [1.807, 2.05) is 101 Å². The van der Waals surface area contributed by atoms with Gasteiger partial charge in [-0.3, -0.25) is 0 Å². The zero-order valence-electron chi connectivity index (χ0n) is 22.4. The van der Waals surface area contributed by atoms with Crippen molar-refractivity contribution >= 4 is 34.9 Å². The molecule has 7 heteroatoms. The average molecular weight is 537 g/mol. The molecule has 0 amide bonds. The molecule has 7 nitrogen and oxygen atoms in total. The van der Waals surface area contributed by atoms with Crippen molar-refractivity contribution in [1.82, 2.24) is 0 Å². The summed E-state index contributed by atoms with van der Waals surface area (Å²) in [4.78, 5) is 4.33. The van der Waals surface area contributed by atoms with E-state index in [-0.39, 0.29) is 0 Å². The molecule has 5 aromatic rings. The van der Waals surface area contributed by atoms with Crippen LogP contribution in [0.5, 0.6) is 11.5 Å². The van der Waals surface area contributed by atoms with E-state index in [2.05, 4.69) is 69.5 Å². The van der Waals surface area contributed by atoms with Gasteiger partial charge >= 0.3 is 0 Å². The summed E-state index contributed by atoms with van der Waals surface area (Å²) in [5, 5.41) is 13.6. The van der Waals surface area contributed by atoms with Crippen LogP contribution in [0.2, 0.25) is 0 Å². The number of para-hydroxylation sites is 2. The van der Waals surface area contributed by atoms with Crippen molar-refractivity contribution in [2.24, 2.45) is 10.2 Å². The molecular formula is C34H28N6O. The Morgan fingerprint density at radius 3 is 1.73 bits per heavy atom. The predicted molar refractivity (Wildman–Crippen MR) is 167 cm³/mol. The van der Waals surface area contributed by atoms with Crippen LogP contribution in [-0.4, -0.2) is 25.5 Å². The smallest absolute Gasteiger partial charge is 0.162 e. The van der Waals surface area contributed by atoms with E-state index in [0.29, 0.717) is 13.3 Å². The topological polar surface area (TPSA) is 46.9 Å². The molecule has 0 saturated carbocycles. The lowest BCUT2D eigenvalue weighted by Crippen LogP contribution is -2.31. The van der Waals surface area contributed by atoms with Gasteiger partial charge in [0.05, 0.1) is 11.4 Å². The fourth-order valence-corrected chi connectivity index (χ4v) is 4.96. The van der Waals surface area contributed by atoms with Crippen LogP contribution in [0.3, 0.4) is 0 Å². The zero-order valence-corrected chi connectivity index (χ0v) is 22.4. The summed E-state index contributed by atoms with van der Waals surface area (Å²) in [7, 11) is 0. The van der Waals surface area contributed by atoms with Gasteiger partial charge in [-0.05, 0) is 48.5 Å². The molecule has 2 heterocycles. The van der Waals surface area contributed by atoms with Gasteiger partial charge in [0.25, 0.3) is 0 Å². The Bertz CT molecular complexity index is 1690. The summed E-state index contributed by atoms with van der Waals surface area (Å²) < 4.78 is 6.33. The van der Waals surface area contributed by atoms with Crippen molar-refractivity contribution in [3.8, 4) is 11.5 Å². The van der Waals surface area contributed by atoms with Gasteiger partial charge < -0.3 is 14.5 Å². The van der Waals surface area contributed by atoms with Crippen LogP contribution in [0.1, 0.15) is 5.56 Å². The van der Waals surface area contributed by atoms with Crippen LogP contribution in [0.25, 0.3) is 0 Å². The maximum atomic E-state index is 6.33. The Morgan fingerprint density at radius 2 is 1.07 bits per heavy atom. The number of hydrogen-bond donors (Lipinski definition) is 0.